The van der Waals surface area contributed by atoms with Gasteiger partial charge in [0.05, 0.1) is 0 Å². The first kappa shape index (κ1) is 12.0. The Morgan fingerprint density at radius 2 is 2.25 bits per heavy atom. The monoisotopic (exact) mass is 246 g/mol. The first-order valence-corrected chi connectivity index (χ1v) is 6.20. The molecule has 0 radical (unpaired) electrons. The molecule has 0 aromatic rings. The molecule has 2 unspecified atom stereocenters. The number of thiol groups is 1. The Bertz CT molecular complexity index is 264. The average Bonchev–Trinajstić information content (AvgIpc) is 2.66. The lowest BCUT2D eigenvalue weighted by Crippen LogP contribution is -2.44. The van der Waals surface area contributed by atoms with E-state index in [1.165, 1.54) is 4.90 Å². The number of amides is 1. The molecule has 0 saturated carbocycles. The number of nitrogens with one attached hydrogen (secondary N) is 1. The van der Waals surface area contributed by atoms with Crippen LogP contribution in [0.5, 0.6) is 0 Å². The zero-order valence-corrected chi connectivity index (χ0v) is 10.0. The maximum Gasteiger partial charge on any atom is 0.407 e. The summed E-state index contributed by atoms with van der Waals surface area (Å²) < 4.78 is 5.35. The fourth-order valence-electron chi connectivity index (χ4n) is 2.33. The van der Waals surface area contributed by atoms with E-state index in [9.17, 15) is 4.79 Å². The van der Waals surface area contributed by atoms with E-state index >= 15 is 0 Å². The molecule has 2 rings (SSSR count). The second-order valence-electron chi connectivity index (χ2n) is 4.43. The van der Waals surface area contributed by atoms with Gasteiger partial charge in [0, 0.05) is 31.8 Å². The van der Waals surface area contributed by atoms with Gasteiger partial charge in [-0.1, -0.05) is 0 Å². The number of ether oxygens (including phenoxy) is 1. The van der Waals surface area contributed by atoms with Crippen LogP contribution in [0.15, 0.2) is 0 Å². The Hall–Kier alpha value is -0.460. The van der Waals surface area contributed by atoms with E-state index in [1.54, 1.807) is 0 Å². The Labute approximate surface area is 101 Å². The number of hydrogen-bond acceptors (Lipinski definition) is 4. The summed E-state index contributed by atoms with van der Waals surface area (Å²) in [5, 5.41) is 12.3. The van der Waals surface area contributed by atoms with Crippen LogP contribution in [0.4, 0.5) is 4.79 Å². The van der Waals surface area contributed by atoms with Crippen molar-refractivity contribution < 1.29 is 14.6 Å². The molecule has 2 fully saturated rings. The van der Waals surface area contributed by atoms with Gasteiger partial charge in [0.25, 0.3) is 0 Å². The van der Waals surface area contributed by atoms with Gasteiger partial charge in [-0.2, -0.15) is 0 Å². The standard InChI is InChI=1S/C10H18N2O3S/c13-10(14)12-3-1-8(6-12)11-7-2-4-15-9(16)5-7/h7-9,11,16H,1-6H2,(H,13,14)/t7?,8-,9?/m0/s1. The smallest absolute Gasteiger partial charge is 0.407 e. The summed E-state index contributed by atoms with van der Waals surface area (Å²) in [6, 6.07) is 0.703. The van der Waals surface area contributed by atoms with E-state index < -0.39 is 6.09 Å². The predicted molar refractivity (Wildman–Crippen MR) is 62.9 cm³/mol. The largest absolute Gasteiger partial charge is 0.465 e. The van der Waals surface area contributed by atoms with E-state index in [0.717, 1.165) is 25.9 Å². The van der Waals surface area contributed by atoms with Crippen LogP contribution in [0.1, 0.15) is 19.3 Å². The lowest BCUT2D eigenvalue weighted by atomic mass is 10.1. The molecule has 0 spiro atoms. The van der Waals surface area contributed by atoms with E-state index in [4.69, 9.17) is 9.84 Å². The van der Waals surface area contributed by atoms with Gasteiger partial charge in [-0.25, -0.2) is 4.79 Å². The van der Waals surface area contributed by atoms with Crippen molar-refractivity contribution in [3.63, 3.8) is 0 Å². The van der Waals surface area contributed by atoms with Crippen LogP contribution in [0, 0.1) is 0 Å². The second kappa shape index (κ2) is 5.25. The summed E-state index contributed by atoms with van der Waals surface area (Å²) in [5.41, 5.74) is 0.0169. The Balaban J connectivity index is 1.76. The summed E-state index contributed by atoms with van der Waals surface area (Å²) in [5.74, 6) is 0. The molecular weight excluding hydrogens is 228 g/mol. The van der Waals surface area contributed by atoms with Gasteiger partial charge in [0.2, 0.25) is 0 Å². The second-order valence-corrected chi connectivity index (χ2v) is 5.00. The molecule has 5 nitrogen and oxygen atoms in total. The molecule has 2 saturated heterocycles. The number of nitrogens with zero attached hydrogens (tertiary/aromatic N) is 1. The minimum absolute atomic E-state index is 0.0169. The molecule has 6 heteroatoms. The minimum atomic E-state index is -0.816. The highest BCUT2D eigenvalue weighted by Gasteiger charge is 2.29. The topological polar surface area (TPSA) is 61.8 Å². The molecule has 2 N–H and O–H groups in total. The Morgan fingerprint density at radius 3 is 2.88 bits per heavy atom. The highest BCUT2D eigenvalue weighted by Crippen LogP contribution is 2.18. The molecule has 0 aromatic carbocycles. The molecule has 1 amide bonds. The lowest BCUT2D eigenvalue weighted by molar-refractivity contribution is 0.0539. The molecule has 0 aliphatic carbocycles. The Morgan fingerprint density at radius 1 is 1.44 bits per heavy atom. The van der Waals surface area contributed by atoms with Crippen LogP contribution in [-0.4, -0.2) is 53.3 Å². The normalized spacial score (nSPS) is 35.3. The van der Waals surface area contributed by atoms with Crippen molar-refractivity contribution >= 4 is 18.7 Å². The van der Waals surface area contributed by atoms with Crippen LogP contribution in [0.2, 0.25) is 0 Å². The summed E-state index contributed by atoms with van der Waals surface area (Å²) in [6.07, 6.45) is 1.97. The number of likely N-dealkylation sites (tertiary alicyclic amines) is 1. The van der Waals surface area contributed by atoms with Crippen molar-refractivity contribution in [3.8, 4) is 0 Å². The van der Waals surface area contributed by atoms with E-state index in [2.05, 4.69) is 17.9 Å². The third-order valence-corrected chi connectivity index (χ3v) is 3.55. The van der Waals surface area contributed by atoms with Crippen molar-refractivity contribution in [2.75, 3.05) is 19.7 Å². The summed E-state index contributed by atoms with van der Waals surface area (Å²) in [6.45, 7) is 1.98. The molecule has 2 aliphatic rings. The van der Waals surface area contributed by atoms with Crippen molar-refractivity contribution in [1.29, 1.82) is 0 Å². The molecule has 2 aliphatic heterocycles. The highest BCUT2D eigenvalue weighted by atomic mass is 32.1. The van der Waals surface area contributed by atoms with Gasteiger partial charge in [0.1, 0.15) is 5.44 Å². The molecule has 16 heavy (non-hydrogen) atoms. The van der Waals surface area contributed by atoms with Gasteiger partial charge in [0.15, 0.2) is 0 Å². The van der Waals surface area contributed by atoms with Gasteiger partial charge in [-0.05, 0) is 19.3 Å². The van der Waals surface area contributed by atoms with E-state index in [1.807, 2.05) is 0 Å². The van der Waals surface area contributed by atoms with Crippen LogP contribution in [0.25, 0.3) is 0 Å². The van der Waals surface area contributed by atoms with Crippen molar-refractivity contribution in [2.24, 2.45) is 0 Å². The van der Waals surface area contributed by atoms with Gasteiger partial charge >= 0.3 is 6.09 Å². The number of carbonyl (C=O) groups is 1. The molecule has 2 heterocycles. The number of carboxylic acid groups (broad SMARTS) is 1. The van der Waals surface area contributed by atoms with Crippen LogP contribution >= 0.6 is 12.6 Å². The Kier molecular flexibility index (Phi) is 3.94. The zero-order valence-electron chi connectivity index (χ0n) is 9.13. The minimum Gasteiger partial charge on any atom is -0.465 e. The van der Waals surface area contributed by atoms with Crippen LogP contribution in [-0.2, 0) is 4.74 Å². The average molecular weight is 246 g/mol. The number of hydrogen-bond donors (Lipinski definition) is 3. The first-order valence-electron chi connectivity index (χ1n) is 5.68. The molecule has 3 atom stereocenters. The van der Waals surface area contributed by atoms with Gasteiger partial charge in [-0.3, -0.25) is 0 Å². The highest BCUT2D eigenvalue weighted by molar-refractivity contribution is 7.80. The predicted octanol–water partition coefficient (Wildman–Crippen LogP) is 0.763. The zero-order chi connectivity index (χ0) is 11.5. The first-order chi connectivity index (χ1) is 7.65. The summed E-state index contributed by atoms with van der Waals surface area (Å²) in [7, 11) is 0. The van der Waals surface area contributed by atoms with E-state index in [0.29, 0.717) is 25.2 Å². The van der Waals surface area contributed by atoms with Gasteiger partial charge in [-0.15, -0.1) is 12.6 Å². The quantitative estimate of drug-likeness (QED) is 0.630. The third kappa shape index (κ3) is 3.02. The van der Waals surface area contributed by atoms with Gasteiger partial charge < -0.3 is 20.1 Å². The summed E-state index contributed by atoms with van der Waals surface area (Å²) >= 11 is 4.30. The van der Waals surface area contributed by atoms with Crippen molar-refractivity contribution in [3.05, 3.63) is 0 Å². The SMILES string of the molecule is O=C(O)N1CC[C@H](NC2CCOC(S)C2)C1. The van der Waals surface area contributed by atoms with Crippen molar-refractivity contribution in [1.82, 2.24) is 10.2 Å². The fraction of sp³-hybridized carbons (Fsp3) is 0.900. The molecule has 92 valence electrons. The maximum absolute atomic E-state index is 10.8. The summed E-state index contributed by atoms with van der Waals surface area (Å²) in [4.78, 5) is 12.2. The lowest BCUT2D eigenvalue weighted by Gasteiger charge is -2.29. The molecule has 0 aromatic heterocycles. The number of rotatable bonds is 2. The van der Waals surface area contributed by atoms with Crippen molar-refractivity contribution in [2.45, 2.75) is 36.8 Å². The van der Waals surface area contributed by atoms with Crippen LogP contribution in [0.3, 0.4) is 0 Å². The van der Waals surface area contributed by atoms with E-state index in [-0.39, 0.29) is 5.44 Å². The molecular formula is C10H18N2O3S. The third-order valence-electron chi connectivity index (χ3n) is 3.19. The maximum atomic E-state index is 10.8. The molecule has 0 bridgehead atoms. The van der Waals surface area contributed by atoms with Crippen LogP contribution < -0.4 is 5.32 Å². The fourth-order valence-corrected chi connectivity index (χ4v) is 2.69.